The van der Waals surface area contributed by atoms with Gasteiger partial charge in [-0.15, -0.1) is 0 Å². The molecule has 16 rings (SSSR count). The van der Waals surface area contributed by atoms with Crippen LogP contribution >= 0.6 is 0 Å². The fraction of sp³-hybridized carbons (Fsp3) is 0.205. The first-order chi connectivity index (χ1) is 37.2. The summed E-state index contributed by atoms with van der Waals surface area (Å²) in [5.74, 6) is 0. The van der Waals surface area contributed by atoms with E-state index in [-0.39, 0.29) is 21.7 Å². The van der Waals surface area contributed by atoms with Crippen molar-refractivity contribution in [2.75, 3.05) is 0 Å². The van der Waals surface area contributed by atoms with E-state index in [1.165, 1.54) is 185 Å². The van der Waals surface area contributed by atoms with Crippen molar-refractivity contribution < 1.29 is 0 Å². The van der Waals surface area contributed by atoms with E-state index in [9.17, 15) is 0 Å². The van der Waals surface area contributed by atoms with Crippen molar-refractivity contribution in [1.82, 2.24) is 0 Å². The minimum atomic E-state index is -0.0119. The van der Waals surface area contributed by atoms with Crippen LogP contribution in [0.4, 0.5) is 0 Å². The van der Waals surface area contributed by atoms with Gasteiger partial charge in [0.2, 0.25) is 0 Å². The largest absolute Gasteiger partial charge is 0.0622 e. The van der Waals surface area contributed by atoms with E-state index < -0.39 is 0 Å². The predicted octanol–water partition coefficient (Wildman–Crippen LogP) is 23.0. The van der Waals surface area contributed by atoms with Crippen molar-refractivity contribution in [3.05, 3.63) is 192 Å². The molecular weight excluding hydrogens is 937 g/mol. The van der Waals surface area contributed by atoms with Gasteiger partial charge >= 0.3 is 0 Å². The number of benzene rings is 14. The summed E-state index contributed by atoms with van der Waals surface area (Å²) in [7, 11) is 0. The highest BCUT2D eigenvalue weighted by Gasteiger charge is 2.30. The monoisotopic (exact) mass is 1000 g/mol. The molecule has 0 heteroatoms. The Bertz CT molecular complexity index is 4920. The van der Waals surface area contributed by atoms with Crippen LogP contribution in [0.2, 0.25) is 0 Å². The maximum atomic E-state index is 2.60. The van der Waals surface area contributed by atoms with E-state index in [2.05, 4.69) is 253 Å². The predicted molar refractivity (Wildman–Crippen MR) is 344 cm³/mol. The first kappa shape index (κ1) is 46.1. The summed E-state index contributed by atoms with van der Waals surface area (Å²) in [5.41, 5.74) is 10.6. The highest BCUT2D eigenvalue weighted by molar-refractivity contribution is 6.48. The highest BCUT2D eigenvalue weighted by atomic mass is 14.3. The molecule has 0 fully saturated rings. The standard InChI is InChI=1S/C78H64/c1-75(2,3)45-31-43-32-46(76(4,5)6)36-60-52-26-24-50-58-40-64-63(39-57(58)49-23-25-51(70(52)69(49)50)59(35-45)65(43)60)67(41-19-15-13-16-20-41)73-55-29-27-53-61-37-47(77(7,8)9)33-44-34-48(78(10,11)12)38-62(66(44)61)54-28-30-56(72(55)71(53)54)74(73)68(64)42-21-17-14-18-22-42/h13-40H,1-12H3. The third-order valence-corrected chi connectivity index (χ3v) is 18.7. The zero-order valence-corrected chi connectivity index (χ0v) is 47.2. The third kappa shape index (κ3) is 6.07. The fourth-order valence-electron chi connectivity index (χ4n) is 14.7. The highest BCUT2D eigenvalue weighted by Crippen LogP contribution is 2.57. The lowest BCUT2D eigenvalue weighted by Gasteiger charge is -2.25. The van der Waals surface area contributed by atoms with Crippen molar-refractivity contribution in [2.45, 2.75) is 105 Å². The van der Waals surface area contributed by atoms with Gasteiger partial charge < -0.3 is 0 Å². The molecule has 0 N–H and O–H groups in total. The minimum Gasteiger partial charge on any atom is -0.0622 e. The summed E-state index contributed by atoms with van der Waals surface area (Å²) < 4.78 is 0. The van der Waals surface area contributed by atoms with E-state index >= 15 is 0 Å². The quantitative estimate of drug-likeness (QED) is 0.120. The average Bonchev–Trinajstić information content (AvgIpc) is 3.20. The zero-order valence-electron chi connectivity index (χ0n) is 47.2. The molecule has 0 aliphatic rings. The molecule has 0 spiro atoms. The second kappa shape index (κ2) is 14.9. The number of fused-ring (bicyclic) bond motifs is 11. The molecule has 0 atom stereocenters. The van der Waals surface area contributed by atoms with Crippen LogP contribution in [0.25, 0.3) is 162 Å². The summed E-state index contributed by atoms with van der Waals surface area (Å²) in [6.45, 7) is 28.3. The molecule has 16 aromatic carbocycles. The summed E-state index contributed by atoms with van der Waals surface area (Å²) in [6, 6.07) is 67.7. The molecule has 78 heavy (non-hydrogen) atoms. The molecule has 16 aromatic rings. The molecule has 0 bridgehead atoms. The first-order valence-electron chi connectivity index (χ1n) is 28.5. The Morgan fingerprint density at radius 3 is 0.731 bits per heavy atom. The second-order valence-corrected chi connectivity index (χ2v) is 27.6. The summed E-state index contributed by atoms with van der Waals surface area (Å²) in [6.07, 6.45) is 0. The first-order valence-corrected chi connectivity index (χ1v) is 28.5. The van der Waals surface area contributed by atoms with Gasteiger partial charge in [0.05, 0.1) is 0 Å². The van der Waals surface area contributed by atoms with Crippen LogP contribution in [0.3, 0.4) is 0 Å². The Labute approximate surface area is 456 Å². The van der Waals surface area contributed by atoms with Gasteiger partial charge in [-0.3, -0.25) is 0 Å². The van der Waals surface area contributed by atoms with Gasteiger partial charge in [-0.25, -0.2) is 0 Å². The van der Waals surface area contributed by atoms with Gasteiger partial charge in [0.25, 0.3) is 0 Å². The molecule has 0 nitrogen and oxygen atoms in total. The topological polar surface area (TPSA) is 0 Å². The number of hydrogen-bond acceptors (Lipinski definition) is 0. The molecule has 0 heterocycles. The molecule has 0 saturated heterocycles. The maximum Gasteiger partial charge on any atom is -0.000740 e. The smallest absolute Gasteiger partial charge is 0.000740 e. The molecule has 0 radical (unpaired) electrons. The normalized spacial score (nSPS) is 13.6. The van der Waals surface area contributed by atoms with E-state index in [0.717, 1.165) is 0 Å². The molecule has 0 aromatic heterocycles. The lowest BCUT2D eigenvalue weighted by molar-refractivity contribution is 0.589. The van der Waals surface area contributed by atoms with Gasteiger partial charge in [0.15, 0.2) is 0 Å². The summed E-state index contributed by atoms with van der Waals surface area (Å²) in [4.78, 5) is 0. The molecule has 0 saturated carbocycles. The molecule has 0 unspecified atom stereocenters. The van der Waals surface area contributed by atoms with Crippen LogP contribution in [0, 0.1) is 0 Å². The Morgan fingerprint density at radius 1 is 0.192 bits per heavy atom. The summed E-state index contributed by atoms with van der Waals surface area (Å²) in [5, 5.41) is 35.1. The zero-order chi connectivity index (χ0) is 53.4. The number of rotatable bonds is 2. The second-order valence-electron chi connectivity index (χ2n) is 27.6. The van der Waals surface area contributed by atoms with Crippen molar-refractivity contribution in [2.24, 2.45) is 0 Å². The average molecular weight is 1000 g/mol. The Kier molecular flexibility index (Phi) is 8.83. The lowest BCUT2D eigenvalue weighted by Crippen LogP contribution is -2.12. The lowest BCUT2D eigenvalue weighted by atomic mass is 9.79. The van der Waals surface area contributed by atoms with Gasteiger partial charge in [-0.05, 0) is 243 Å². The molecule has 0 amide bonds. The maximum absolute atomic E-state index is 2.60. The van der Waals surface area contributed by atoms with Crippen LogP contribution in [0.15, 0.2) is 170 Å². The van der Waals surface area contributed by atoms with E-state index in [1.807, 2.05) is 0 Å². The molecule has 376 valence electrons. The van der Waals surface area contributed by atoms with Crippen LogP contribution in [-0.2, 0) is 21.7 Å². The molecular formula is C78H64. The van der Waals surface area contributed by atoms with Gasteiger partial charge in [0.1, 0.15) is 0 Å². The van der Waals surface area contributed by atoms with E-state index in [1.54, 1.807) is 0 Å². The van der Waals surface area contributed by atoms with Crippen molar-refractivity contribution >= 4 is 140 Å². The van der Waals surface area contributed by atoms with Crippen LogP contribution in [0.5, 0.6) is 0 Å². The Balaban J connectivity index is 1.10. The van der Waals surface area contributed by atoms with Crippen molar-refractivity contribution in [3.8, 4) is 22.3 Å². The van der Waals surface area contributed by atoms with Crippen molar-refractivity contribution in [3.63, 3.8) is 0 Å². The van der Waals surface area contributed by atoms with Crippen LogP contribution in [-0.4, -0.2) is 0 Å². The van der Waals surface area contributed by atoms with Crippen LogP contribution < -0.4 is 0 Å². The molecule has 0 aliphatic heterocycles. The Morgan fingerprint density at radius 2 is 0.449 bits per heavy atom. The van der Waals surface area contributed by atoms with Gasteiger partial charge in [0, 0.05) is 0 Å². The minimum absolute atomic E-state index is 0.000249. The number of hydrogen-bond donors (Lipinski definition) is 0. The van der Waals surface area contributed by atoms with E-state index in [4.69, 9.17) is 0 Å². The van der Waals surface area contributed by atoms with Gasteiger partial charge in [-0.2, -0.15) is 0 Å². The summed E-state index contributed by atoms with van der Waals surface area (Å²) >= 11 is 0. The fourth-order valence-corrected chi connectivity index (χ4v) is 14.7. The van der Waals surface area contributed by atoms with E-state index in [0.29, 0.717) is 0 Å². The Hall–Kier alpha value is -8.06. The third-order valence-electron chi connectivity index (χ3n) is 18.7. The SMILES string of the molecule is CC(C)(C)c1cc2cc(C(C)(C)C)cc3c4ccc5c6cc7c(-c8ccccc8)c8c9ccc%10c%11cc(C(C)(C)C)cc%12cc(C(C)(C)C)cc(c%13ccc(c8c(-c8ccccc8)c7cc6c6ccc(c(c1)c23)c4c65)c9c%13%10)c%12%11. The van der Waals surface area contributed by atoms with Gasteiger partial charge in [-0.1, -0.05) is 217 Å². The molecule has 0 aliphatic carbocycles. The van der Waals surface area contributed by atoms with Crippen LogP contribution in [0.1, 0.15) is 105 Å². The van der Waals surface area contributed by atoms with Crippen molar-refractivity contribution in [1.29, 1.82) is 0 Å².